The lowest BCUT2D eigenvalue weighted by Gasteiger charge is -2.22. The zero-order valence-corrected chi connectivity index (χ0v) is 10.7. The molecule has 17 heavy (non-hydrogen) atoms. The van der Waals surface area contributed by atoms with Gasteiger partial charge in [0.15, 0.2) is 0 Å². The minimum absolute atomic E-state index is 0.0182. The molecule has 96 valence electrons. The number of anilines is 1. The van der Waals surface area contributed by atoms with Crippen molar-refractivity contribution in [2.75, 3.05) is 18.1 Å². The van der Waals surface area contributed by atoms with Gasteiger partial charge in [0.25, 0.3) is 0 Å². The molecule has 6 heteroatoms. The number of halogens is 3. The second kappa shape index (κ2) is 5.16. The van der Waals surface area contributed by atoms with Crippen molar-refractivity contribution in [3.63, 3.8) is 0 Å². The monoisotopic (exact) mass is 264 g/mol. The molecule has 0 radical (unpaired) electrons. The van der Waals surface area contributed by atoms with Gasteiger partial charge in [0.05, 0.1) is 5.56 Å². The molecule has 0 aromatic carbocycles. The van der Waals surface area contributed by atoms with Crippen molar-refractivity contribution in [2.45, 2.75) is 24.8 Å². The lowest BCUT2D eigenvalue weighted by molar-refractivity contribution is -0.137. The van der Waals surface area contributed by atoms with Crippen LogP contribution in [0.1, 0.15) is 19.4 Å². The van der Waals surface area contributed by atoms with Gasteiger partial charge in [-0.05, 0) is 32.2 Å². The van der Waals surface area contributed by atoms with Crippen molar-refractivity contribution in [2.24, 2.45) is 0 Å². The SMILES string of the molecule is CSC(C)(C)CNc1ccc(C(F)(F)F)cn1. The highest BCUT2D eigenvalue weighted by Gasteiger charge is 2.30. The molecule has 2 nitrogen and oxygen atoms in total. The van der Waals surface area contributed by atoms with Crippen LogP contribution in [0.25, 0.3) is 0 Å². The number of thioether (sulfide) groups is 1. The summed E-state index contributed by atoms with van der Waals surface area (Å²) in [6.07, 6.45) is -1.50. The first-order valence-corrected chi connectivity index (χ1v) is 6.29. The van der Waals surface area contributed by atoms with E-state index in [0.717, 1.165) is 12.3 Å². The van der Waals surface area contributed by atoms with Gasteiger partial charge >= 0.3 is 6.18 Å². The fraction of sp³-hybridized carbons (Fsp3) is 0.545. The van der Waals surface area contributed by atoms with E-state index >= 15 is 0 Å². The van der Waals surface area contributed by atoms with Gasteiger partial charge in [0.1, 0.15) is 5.82 Å². The fourth-order valence-electron chi connectivity index (χ4n) is 1.04. The minimum Gasteiger partial charge on any atom is -0.369 e. The molecule has 0 unspecified atom stereocenters. The Morgan fingerprint density at radius 3 is 2.35 bits per heavy atom. The molecule has 1 N–H and O–H groups in total. The molecule has 0 saturated heterocycles. The van der Waals surface area contributed by atoms with Crippen molar-refractivity contribution < 1.29 is 13.2 Å². The van der Waals surface area contributed by atoms with Gasteiger partial charge < -0.3 is 5.32 Å². The van der Waals surface area contributed by atoms with Gasteiger partial charge in [-0.2, -0.15) is 24.9 Å². The molecule has 1 aromatic heterocycles. The van der Waals surface area contributed by atoms with Crippen molar-refractivity contribution in [3.8, 4) is 0 Å². The lowest BCUT2D eigenvalue weighted by Crippen LogP contribution is -2.26. The number of hydrogen-bond donors (Lipinski definition) is 1. The molecule has 0 saturated carbocycles. The number of aromatic nitrogens is 1. The van der Waals surface area contributed by atoms with Gasteiger partial charge in [-0.3, -0.25) is 0 Å². The maximum absolute atomic E-state index is 12.3. The highest BCUT2D eigenvalue weighted by Crippen LogP contribution is 2.29. The van der Waals surface area contributed by atoms with E-state index in [2.05, 4.69) is 24.1 Å². The second-order valence-electron chi connectivity index (χ2n) is 4.25. The average Bonchev–Trinajstić information content (AvgIpc) is 2.26. The summed E-state index contributed by atoms with van der Waals surface area (Å²) in [5, 5.41) is 3.02. The van der Waals surface area contributed by atoms with Crippen molar-refractivity contribution in [1.29, 1.82) is 0 Å². The summed E-state index contributed by atoms with van der Waals surface area (Å²) < 4.78 is 36.9. The summed E-state index contributed by atoms with van der Waals surface area (Å²) in [6, 6.07) is 2.38. The molecular weight excluding hydrogens is 249 g/mol. The van der Waals surface area contributed by atoms with Crippen molar-refractivity contribution >= 4 is 17.6 Å². The molecule has 0 aliphatic carbocycles. The summed E-state index contributed by atoms with van der Waals surface area (Å²) in [5.74, 6) is 0.458. The smallest absolute Gasteiger partial charge is 0.369 e. The zero-order valence-electron chi connectivity index (χ0n) is 9.93. The van der Waals surface area contributed by atoms with Crippen LogP contribution in [0.2, 0.25) is 0 Å². The second-order valence-corrected chi connectivity index (χ2v) is 5.76. The van der Waals surface area contributed by atoms with Crippen molar-refractivity contribution in [3.05, 3.63) is 23.9 Å². The molecule has 0 spiro atoms. The van der Waals surface area contributed by atoms with Crippen LogP contribution < -0.4 is 5.32 Å². The first-order chi connectivity index (χ1) is 7.74. The highest BCUT2D eigenvalue weighted by atomic mass is 32.2. The Hall–Kier alpha value is -0.910. The number of hydrogen-bond acceptors (Lipinski definition) is 3. The summed E-state index contributed by atoms with van der Waals surface area (Å²) in [6.45, 7) is 4.75. The Labute approximate surface area is 103 Å². The summed E-state index contributed by atoms with van der Waals surface area (Å²) >= 11 is 1.68. The normalized spacial score (nSPS) is 12.6. The van der Waals surface area contributed by atoms with Crippen LogP contribution in [0.15, 0.2) is 18.3 Å². The predicted octanol–water partition coefficient (Wildman–Crippen LogP) is 3.65. The van der Waals surface area contributed by atoms with Gasteiger partial charge in [0.2, 0.25) is 0 Å². The standard InChI is InChI=1S/C11H15F3N2S/c1-10(2,17-3)7-16-9-5-4-8(6-15-9)11(12,13)14/h4-6H,7H2,1-3H3,(H,15,16). The van der Waals surface area contributed by atoms with E-state index in [1.165, 1.54) is 6.07 Å². The topological polar surface area (TPSA) is 24.9 Å². The summed E-state index contributed by atoms with van der Waals surface area (Å²) in [5.41, 5.74) is -0.729. The minimum atomic E-state index is -4.33. The predicted molar refractivity (Wildman–Crippen MR) is 65.3 cm³/mol. The summed E-state index contributed by atoms with van der Waals surface area (Å²) in [4.78, 5) is 3.74. The Morgan fingerprint density at radius 1 is 1.29 bits per heavy atom. The van der Waals surface area contributed by atoms with Gasteiger partial charge in [-0.15, -0.1) is 0 Å². The Morgan fingerprint density at radius 2 is 1.94 bits per heavy atom. The molecule has 0 amide bonds. The average molecular weight is 264 g/mol. The van der Waals surface area contributed by atoms with E-state index < -0.39 is 11.7 Å². The molecule has 0 atom stereocenters. The maximum Gasteiger partial charge on any atom is 0.417 e. The molecular formula is C11H15F3N2S. The molecule has 0 aliphatic heterocycles. The van der Waals surface area contributed by atoms with E-state index in [1.807, 2.05) is 6.26 Å². The number of pyridine rings is 1. The number of nitrogens with one attached hydrogen (secondary N) is 1. The van der Waals surface area contributed by atoms with E-state index in [0.29, 0.717) is 12.4 Å². The third-order valence-electron chi connectivity index (χ3n) is 2.34. The third kappa shape index (κ3) is 4.46. The lowest BCUT2D eigenvalue weighted by atomic mass is 10.2. The first-order valence-electron chi connectivity index (χ1n) is 5.07. The number of alkyl halides is 3. The largest absolute Gasteiger partial charge is 0.417 e. The molecule has 0 aliphatic rings. The van der Waals surface area contributed by atoms with Crippen LogP contribution in [0, 0.1) is 0 Å². The van der Waals surface area contributed by atoms with Crippen LogP contribution in [0.5, 0.6) is 0 Å². The Balaban J connectivity index is 2.64. The van der Waals surface area contributed by atoms with Crippen LogP contribution >= 0.6 is 11.8 Å². The van der Waals surface area contributed by atoms with Crippen molar-refractivity contribution in [1.82, 2.24) is 4.98 Å². The van der Waals surface area contributed by atoms with Crippen LogP contribution in [-0.4, -0.2) is 22.5 Å². The molecule has 1 rings (SSSR count). The summed E-state index contributed by atoms with van der Waals surface area (Å²) in [7, 11) is 0. The zero-order chi connectivity index (χ0) is 13.1. The Kier molecular flexibility index (Phi) is 4.30. The van der Waals surface area contributed by atoms with Crippen LogP contribution in [0.4, 0.5) is 19.0 Å². The van der Waals surface area contributed by atoms with Gasteiger partial charge in [0, 0.05) is 17.5 Å². The molecule has 0 bridgehead atoms. The third-order valence-corrected chi connectivity index (χ3v) is 3.59. The number of rotatable bonds is 4. The molecule has 1 aromatic rings. The molecule has 0 fully saturated rings. The number of nitrogens with zero attached hydrogens (tertiary/aromatic N) is 1. The van der Waals surface area contributed by atoms with Crippen LogP contribution in [0.3, 0.4) is 0 Å². The van der Waals surface area contributed by atoms with E-state index in [9.17, 15) is 13.2 Å². The first kappa shape index (κ1) is 14.2. The quantitative estimate of drug-likeness (QED) is 0.898. The maximum atomic E-state index is 12.3. The van der Waals surface area contributed by atoms with Crippen LogP contribution in [-0.2, 0) is 6.18 Å². The highest BCUT2D eigenvalue weighted by molar-refractivity contribution is 7.99. The molecule has 1 heterocycles. The fourth-order valence-corrected chi connectivity index (χ4v) is 1.26. The Bertz CT molecular complexity index is 360. The van der Waals surface area contributed by atoms with Gasteiger partial charge in [-0.1, -0.05) is 0 Å². The van der Waals surface area contributed by atoms with Gasteiger partial charge in [-0.25, -0.2) is 4.98 Å². The van der Waals surface area contributed by atoms with E-state index in [4.69, 9.17) is 0 Å². The van der Waals surface area contributed by atoms with E-state index in [-0.39, 0.29) is 4.75 Å². The van der Waals surface area contributed by atoms with E-state index in [1.54, 1.807) is 11.8 Å².